The molecule has 1 aromatic carbocycles. The second-order valence-corrected chi connectivity index (χ2v) is 3.47. The van der Waals surface area contributed by atoms with Crippen molar-refractivity contribution < 1.29 is 4.39 Å². The Balaban J connectivity index is 2.63. The lowest BCUT2D eigenvalue weighted by Crippen LogP contribution is -2.01. The average molecular weight is 230 g/mol. The third-order valence-electron chi connectivity index (χ3n) is 1.34. The van der Waals surface area contributed by atoms with Crippen LogP contribution in [0.4, 0.5) is 10.1 Å². The van der Waals surface area contributed by atoms with Gasteiger partial charge in [0.05, 0.1) is 5.69 Å². The second-order valence-electron chi connectivity index (χ2n) is 2.35. The minimum Gasteiger partial charge on any atom is -0.378 e. The van der Waals surface area contributed by atoms with Crippen LogP contribution in [0.1, 0.15) is 0 Å². The predicted octanol–water partition coefficient (Wildman–Crippen LogP) is 3.15. The van der Waals surface area contributed by atoms with Gasteiger partial charge in [0.2, 0.25) is 0 Å². The Morgan fingerprint density at radius 1 is 1.50 bits per heavy atom. The Kier molecular flexibility index (Phi) is 3.29. The van der Waals surface area contributed by atoms with E-state index in [1.807, 2.05) is 0 Å². The highest BCUT2D eigenvalue weighted by Gasteiger charge is 1.97. The molecule has 1 N–H and O–H groups in total. The van der Waals surface area contributed by atoms with Crippen LogP contribution in [0.25, 0.3) is 0 Å². The smallest absolute Gasteiger partial charge is 0.146 e. The highest BCUT2D eigenvalue weighted by molar-refractivity contribution is 9.11. The van der Waals surface area contributed by atoms with E-state index >= 15 is 0 Å². The molecule has 0 spiro atoms. The van der Waals surface area contributed by atoms with Crippen LogP contribution in [0, 0.1) is 5.82 Å². The Bertz CT molecular complexity index is 286. The number of hydrogen-bond acceptors (Lipinski definition) is 1. The van der Waals surface area contributed by atoms with E-state index in [-0.39, 0.29) is 5.82 Å². The first-order valence-electron chi connectivity index (χ1n) is 3.52. The summed E-state index contributed by atoms with van der Waals surface area (Å²) in [5.74, 6) is -0.244. The van der Waals surface area contributed by atoms with Gasteiger partial charge in [-0.05, 0) is 12.1 Å². The Morgan fingerprint density at radius 2 is 2.17 bits per heavy atom. The van der Waals surface area contributed by atoms with Crippen molar-refractivity contribution in [2.75, 3.05) is 11.9 Å². The molecule has 0 heterocycles. The molecule has 0 unspecified atom stereocenters. The summed E-state index contributed by atoms with van der Waals surface area (Å²) in [5.41, 5.74) is 0.498. The van der Waals surface area contributed by atoms with Gasteiger partial charge in [0.25, 0.3) is 0 Å². The van der Waals surface area contributed by atoms with Crippen molar-refractivity contribution >= 4 is 21.6 Å². The quantitative estimate of drug-likeness (QED) is 0.840. The van der Waals surface area contributed by atoms with E-state index in [0.717, 1.165) is 4.48 Å². The molecule has 64 valence electrons. The molecule has 0 saturated heterocycles. The lowest BCUT2D eigenvalue weighted by Gasteiger charge is -2.05. The number of benzene rings is 1. The molecule has 0 aliphatic carbocycles. The zero-order chi connectivity index (χ0) is 8.97. The van der Waals surface area contributed by atoms with E-state index in [0.29, 0.717) is 12.2 Å². The number of nitrogens with one attached hydrogen (secondary N) is 1. The topological polar surface area (TPSA) is 12.0 Å². The fraction of sp³-hybridized carbons (Fsp3) is 0.111. The molecule has 0 amide bonds. The maximum absolute atomic E-state index is 12.9. The van der Waals surface area contributed by atoms with Crippen LogP contribution in [-0.4, -0.2) is 6.54 Å². The lowest BCUT2D eigenvalue weighted by atomic mass is 10.3. The molecule has 1 aromatic rings. The van der Waals surface area contributed by atoms with E-state index < -0.39 is 0 Å². The maximum Gasteiger partial charge on any atom is 0.146 e. The zero-order valence-electron chi connectivity index (χ0n) is 6.48. The van der Waals surface area contributed by atoms with Gasteiger partial charge in [-0.15, -0.1) is 0 Å². The van der Waals surface area contributed by atoms with E-state index in [2.05, 4.69) is 27.8 Å². The molecule has 3 heteroatoms. The van der Waals surface area contributed by atoms with Crippen molar-refractivity contribution in [2.45, 2.75) is 0 Å². The van der Waals surface area contributed by atoms with Gasteiger partial charge in [-0.2, -0.15) is 0 Å². The predicted molar refractivity (Wildman–Crippen MR) is 53.0 cm³/mol. The molecule has 0 atom stereocenters. The van der Waals surface area contributed by atoms with Gasteiger partial charge in [0.15, 0.2) is 0 Å². The largest absolute Gasteiger partial charge is 0.378 e. The fourth-order valence-corrected chi connectivity index (χ4v) is 0.936. The number of hydrogen-bond donors (Lipinski definition) is 1. The fourth-order valence-electron chi connectivity index (χ4n) is 0.796. The van der Waals surface area contributed by atoms with Crippen LogP contribution in [0.3, 0.4) is 0 Å². The number of para-hydroxylation sites is 1. The van der Waals surface area contributed by atoms with Gasteiger partial charge in [-0.25, -0.2) is 4.39 Å². The highest BCUT2D eigenvalue weighted by atomic mass is 79.9. The van der Waals surface area contributed by atoms with Crippen molar-refractivity contribution in [3.8, 4) is 0 Å². The molecular weight excluding hydrogens is 221 g/mol. The number of rotatable bonds is 3. The Morgan fingerprint density at radius 3 is 2.75 bits per heavy atom. The summed E-state index contributed by atoms with van der Waals surface area (Å²) in [4.78, 5) is 0. The third-order valence-corrected chi connectivity index (χ3v) is 1.62. The zero-order valence-corrected chi connectivity index (χ0v) is 8.07. The molecule has 0 radical (unpaired) electrons. The van der Waals surface area contributed by atoms with Crippen LogP contribution < -0.4 is 5.32 Å². The summed E-state index contributed by atoms with van der Waals surface area (Å²) in [5, 5.41) is 2.89. The second kappa shape index (κ2) is 4.26. The van der Waals surface area contributed by atoms with Gasteiger partial charge in [0, 0.05) is 11.0 Å². The number of anilines is 1. The van der Waals surface area contributed by atoms with Crippen LogP contribution >= 0.6 is 15.9 Å². The first kappa shape index (κ1) is 9.26. The van der Waals surface area contributed by atoms with Crippen LogP contribution in [0.5, 0.6) is 0 Å². The molecule has 0 bridgehead atoms. The van der Waals surface area contributed by atoms with E-state index in [1.165, 1.54) is 6.07 Å². The van der Waals surface area contributed by atoms with Crippen molar-refractivity contribution in [3.63, 3.8) is 0 Å². The normalized spacial score (nSPS) is 9.50. The van der Waals surface area contributed by atoms with E-state index in [1.54, 1.807) is 18.2 Å². The molecule has 0 aliphatic rings. The first-order chi connectivity index (χ1) is 5.70. The summed E-state index contributed by atoms with van der Waals surface area (Å²) in [6.07, 6.45) is 0. The van der Waals surface area contributed by atoms with Gasteiger partial charge in [-0.1, -0.05) is 34.6 Å². The van der Waals surface area contributed by atoms with Crippen molar-refractivity contribution in [1.29, 1.82) is 0 Å². The first-order valence-corrected chi connectivity index (χ1v) is 4.31. The molecule has 0 fully saturated rings. The summed E-state index contributed by atoms with van der Waals surface area (Å²) in [6, 6.07) is 6.54. The summed E-state index contributed by atoms with van der Waals surface area (Å²) in [6.45, 7) is 4.16. The van der Waals surface area contributed by atoms with E-state index in [4.69, 9.17) is 0 Å². The molecule has 1 rings (SSSR count). The summed E-state index contributed by atoms with van der Waals surface area (Å²) >= 11 is 3.18. The van der Waals surface area contributed by atoms with Gasteiger partial charge in [0.1, 0.15) is 5.82 Å². The standard InChI is InChI=1S/C9H9BrFN/c1-7(10)6-12-9-5-3-2-4-8(9)11/h2-5,12H,1,6H2. The molecule has 12 heavy (non-hydrogen) atoms. The lowest BCUT2D eigenvalue weighted by molar-refractivity contribution is 0.631. The molecule has 0 saturated carbocycles. The third kappa shape index (κ3) is 2.66. The van der Waals surface area contributed by atoms with Gasteiger partial charge in [-0.3, -0.25) is 0 Å². The monoisotopic (exact) mass is 229 g/mol. The molecule has 0 aliphatic heterocycles. The van der Waals surface area contributed by atoms with Crippen molar-refractivity contribution in [1.82, 2.24) is 0 Å². The van der Waals surface area contributed by atoms with Crippen molar-refractivity contribution in [2.24, 2.45) is 0 Å². The Hall–Kier alpha value is -0.830. The minimum atomic E-state index is -0.244. The maximum atomic E-state index is 12.9. The number of halogens is 2. The molecular formula is C9H9BrFN. The average Bonchev–Trinajstić information content (AvgIpc) is 2.03. The van der Waals surface area contributed by atoms with Crippen LogP contribution in [0.2, 0.25) is 0 Å². The van der Waals surface area contributed by atoms with Crippen LogP contribution in [-0.2, 0) is 0 Å². The minimum absolute atomic E-state index is 0.244. The van der Waals surface area contributed by atoms with E-state index in [9.17, 15) is 4.39 Å². The summed E-state index contributed by atoms with van der Waals surface area (Å²) < 4.78 is 13.7. The molecule has 1 nitrogen and oxygen atoms in total. The SMILES string of the molecule is C=C(Br)CNc1ccccc1F. The van der Waals surface area contributed by atoms with Crippen molar-refractivity contribution in [3.05, 3.63) is 41.1 Å². The summed E-state index contributed by atoms with van der Waals surface area (Å²) in [7, 11) is 0. The van der Waals surface area contributed by atoms with Gasteiger partial charge >= 0.3 is 0 Å². The van der Waals surface area contributed by atoms with Crippen LogP contribution in [0.15, 0.2) is 35.3 Å². The molecule has 0 aromatic heterocycles. The highest BCUT2D eigenvalue weighted by Crippen LogP contribution is 2.13. The Labute approximate surface area is 79.4 Å². The van der Waals surface area contributed by atoms with Gasteiger partial charge < -0.3 is 5.32 Å².